The maximum atomic E-state index is 2.47. The van der Waals surface area contributed by atoms with Crippen molar-refractivity contribution in [1.82, 2.24) is 0 Å². The highest BCUT2D eigenvalue weighted by atomic mass is 127. The van der Waals surface area contributed by atoms with E-state index >= 15 is 0 Å². The molecule has 0 saturated carbocycles. The van der Waals surface area contributed by atoms with E-state index in [0.717, 1.165) is 0 Å². The van der Waals surface area contributed by atoms with Crippen LogP contribution in [0.2, 0.25) is 0 Å². The molecule has 0 bridgehead atoms. The molecule has 0 atom stereocenters. The van der Waals surface area contributed by atoms with Gasteiger partial charge < -0.3 is 0 Å². The molecule has 0 aromatic heterocycles. The van der Waals surface area contributed by atoms with Crippen LogP contribution in [0.4, 0.5) is 0 Å². The highest BCUT2D eigenvalue weighted by molar-refractivity contribution is 14.3. The molecule has 0 nitrogen and oxygen atoms in total. The molecule has 1 aromatic carbocycles. The van der Waals surface area contributed by atoms with Gasteiger partial charge in [-0.25, -0.2) is 0 Å². The lowest BCUT2D eigenvalue weighted by Crippen LogP contribution is -2.02. The van der Waals surface area contributed by atoms with Gasteiger partial charge >= 0.3 is 0 Å². The van der Waals surface area contributed by atoms with Gasteiger partial charge in [0, 0.05) is 9.13 Å². The van der Waals surface area contributed by atoms with Gasteiger partial charge in [0.05, 0.1) is 0 Å². The molecule has 0 N–H and O–H groups in total. The summed E-state index contributed by atoms with van der Waals surface area (Å²) in [5, 5.41) is 0. The summed E-state index contributed by atoms with van der Waals surface area (Å²) in [6.07, 6.45) is 0. The monoisotopic (exact) mass is 624 g/mol. The summed E-state index contributed by atoms with van der Waals surface area (Å²) in [6.45, 7) is 4.33. The van der Waals surface area contributed by atoms with Gasteiger partial charge in [-0.2, -0.15) is 0 Å². The SMILES string of the molecule is Cc1cc(C)c(I)c(C(I)(I)I)c1. The molecular formula is C9H8I4. The lowest BCUT2D eigenvalue weighted by atomic mass is 10.1. The molecule has 0 heterocycles. The Hall–Kier alpha value is 2.14. The zero-order chi connectivity index (χ0) is 10.2. The molecule has 0 radical (unpaired) electrons. The van der Waals surface area contributed by atoms with E-state index in [0.29, 0.717) is 0 Å². The molecule has 0 aliphatic heterocycles. The van der Waals surface area contributed by atoms with Crippen molar-refractivity contribution >= 4 is 90.4 Å². The third kappa shape index (κ3) is 3.58. The molecule has 0 amide bonds. The van der Waals surface area contributed by atoms with Crippen LogP contribution in [0.15, 0.2) is 12.1 Å². The van der Waals surface area contributed by atoms with Gasteiger partial charge in [-0.1, -0.05) is 17.7 Å². The van der Waals surface area contributed by atoms with Gasteiger partial charge in [0.25, 0.3) is 0 Å². The van der Waals surface area contributed by atoms with Gasteiger partial charge in [0.1, 0.15) is -0.565 Å². The van der Waals surface area contributed by atoms with Crippen molar-refractivity contribution in [2.45, 2.75) is 13.3 Å². The van der Waals surface area contributed by atoms with Crippen molar-refractivity contribution in [2.24, 2.45) is 0 Å². The summed E-state index contributed by atoms with van der Waals surface area (Å²) in [5.74, 6) is 0. The number of aryl methyl sites for hydroxylation is 2. The fourth-order valence-corrected chi connectivity index (χ4v) is 4.70. The van der Waals surface area contributed by atoms with Crippen molar-refractivity contribution in [3.8, 4) is 0 Å². The Balaban J connectivity index is 3.37. The second-order valence-corrected chi connectivity index (χ2v) is 15.1. The summed E-state index contributed by atoms with van der Waals surface area (Å²) in [7, 11) is 0. The molecule has 4 heteroatoms. The summed E-state index contributed by atoms with van der Waals surface area (Å²) in [5.41, 5.74) is 4.15. The summed E-state index contributed by atoms with van der Waals surface area (Å²) in [4.78, 5) is 0. The van der Waals surface area contributed by atoms with E-state index in [4.69, 9.17) is 0 Å². The molecule has 0 unspecified atom stereocenters. The first-order valence-corrected chi connectivity index (χ1v) is 7.98. The molecule has 72 valence electrons. The largest absolute Gasteiger partial charge is 0.150 e. The quantitative estimate of drug-likeness (QED) is 0.294. The first-order chi connectivity index (χ1) is 5.82. The fraction of sp³-hybridized carbons (Fsp3) is 0.333. The third-order valence-corrected chi connectivity index (χ3v) is 4.88. The molecule has 1 rings (SSSR count). The lowest BCUT2D eigenvalue weighted by Gasteiger charge is -2.17. The summed E-state index contributed by atoms with van der Waals surface area (Å²) >= 11 is 9.84. The Morgan fingerprint density at radius 1 is 1.08 bits per heavy atom. The third-order valence-electron chi connectivity index (χ3n) is 1.70. The number of hydrogen-bond donors (Lipinski definition) is 0. The number of benzene rings is 1. The molecule has 0 fully saturated rings. The van der Waals surface area contributed by atoms with E-state index in [1.807, 2.05) is 0 Å². The Labute approximate surface area is 134 Å². The average molecular weight is 624 g/mol. The van der Waals surface area contributed by atoms with Crippen LogP contribution < -0.4 is 0 Å². The standard InChI is InChI=1S/C9H8I4/c1-5-3-6(2)8(10)7(4-5)9(11,12)13/h3-4H,1-2H3. The van der Waals surface area contributed by atoms with Crippen molar-refractivity contribution < 1.29 is 0 Å². The van der Waals surface area contributed by atoms with Crippen molar-refractivity contribution in [3.63, 3.8) is 0 Å². The van der Waals surface area contributed by atoms with Crippen LogP contribution in [0, 0.1) is 17.4 Å². The predicted octanol–water partition coefficient (Wildman–Crippen LogP) is 5.32. The Morgan fingerprint density at radius 2 is 1.62 bits per heavy atom. The summed E-state index contributed by atoms with van der Waals surface area (Å²) in [6, 6.07) is 4.51. The number of hydrogen-bond acceptors (Lipinski definition) is 0. The number of rotatable bonds is 1. The topological polar surface area (TPSA) is 0 Å². The lowest BCUT2D eigenvalue weighted by molar-refractivity contribution is 1.27. The first-order valence-electron chi connectivity index (χ1n) is 3.66. The first kappa shape index (κ1) is 13.2. The molecule has 1 aromatic rings. The number of halogens is 4. The second-order valence-electron chi connectivity index (χ2n) is 2.94. The Bertz CT molecular complexity index is 325. The molecule has 13 heavy (non-hydrogen) atoms. The van der Waals surface area contributed by atoms with E-state index in [2.05, 4.69) is 116 Å². The van der Waals surface area contributed by atoms with Gasteiger partial charge in [-0.15, -0.1) is 0 Å². The predicted molar refractivity (Wildman–Crippen MR) is 92.4 cm³/mol. The fourth-order valence-electron chi connectivity index (χ4n) is 1.16. The normalized spacial score (nSPS) is 11.8. The van der Waals surface area contributed by atoms with E-state index in [-0.39, 0.29) is -0.565 Å². The van der Waals surface area contributed by atoms with E-state index in [1.165, 1.54) is 20.3 Å². The summed E-state index contributed by atoms with van der Waals surface area (Å²) < 4.78 is 1.56. The second kappa shape index (κ2) is 4.98. The van der Waals surface area contributed by atoms with Gasteiger partial charge in [0.2, 0.25) is 0 Å². The molecule has 0 aliphatic rings. The van der Waals surface area contributed by atoms with Crippen LogP contribution in [0.25, 0.3) is 0 Å². The van der Waals surface area contributed by atoms with Gasteiger partial charge in [0.15, 0.2) is 0 Å². The average Bonchev–Trinajstić information content (AvgIpc) is 1.94. The Kier molecular flexibility index (Phi) is 5.06. The maximum absolute atomic E-state index is 2.47. The highest BCUT2D eigenvalue weighted by Crippen LogP contribution is 2.48. The van der Waals surface area contributed by atoms with Crippen LogP contribution >= 0.6 is 90.4 Å². The minimum atomic E-state index is 0.167. The van der Waals surface area contributed by atoms with Crippen molar-refractivity contribution in [2.75, 3.05) is 0 Å². The van der Waals surface area contributed by atoms with Gasteiger partial charge in [-0.05, 0) is 110 Å². The van der Waals surface area contributed by atoms with E-state index in [1.54, 1.807) is 0 Å². The van der Waals surface area contributed by atoms with E-state index < -0.39 is 0 Å². The minimum absolute atomic E-state index is 0.167. The smallest absolute Gasteiger partial charge is 0.0553 e. The highest BCUT2D eigenvalue weighted by Gasteiger charge is 2.24. The van der Waals surface area contributed by atoms with Gasteiger partial charge in [-0.3, -0.25) is 0 Å². The van der Waals surface area contributed by atoms with Crippen LogP contribution in [0.1, 0.15) is 16.7 Å². The van der Waals surface area contributed by atoms with Crippen LogP contribution in [-0.4, -0.2) is 0 Å². The van der Waals surface area contributed by atoms with Crippen molar-refractivity contribution in [1.29, 1.82) is 0 Å². The molecular weight excluding hydrogens is 616 g/mol. The molecule has 0 aliphatic carbocycles. The van der Waals surface area contributed by atoms with Crippen LogP contribution in [-0.2, 0) is -0.565 Å². The minimum Gasteiger partial charge on any atom is -0.0553 e. The zero-order valence-corrected chi connectivity index (χ0v) is 15.8. The maximum Gasteiger partial charge on any atom is 0.150 e. The zero-order valence-electron chi connectivity index (χ0n) is 7.17. The molecule has 0 spiro atoms. The van der Waals surface area contributed by atoms with Crippen LogP contribution in [0.5, 0.6) is 0 Å². The molecule has 0 saturated heterocycles. The van der Waals surface area contributed by atoms with E-state index in [9.17, 15) is 0 Å². The number of alkyl halides is 3. The van der Waals surface area contributed by atoms with Crippen molar-refractivity contribution in [3.05, 3.63) is 32.4 Å². The van der Waals surface area contributed by atoms with Crippen LogP contribution in [0.3, 0.4) is 0 Å². The Morgan fingerprint density at radius 3 is 2.08 bits per heavy atom.